The summed E-state index contributed by atoms with van der Waals surface area (Å²) >= 11 is 0. The number of hydrogen-bond donors (Lipinski definition) is 2. The van der Waals surface area contributed by atoms with Crippen molar-refractivity contribution < 1.29 is 4.79 Å². The summed E-state index contributed by atoms with van der Waals surface area (Å²) in [6.45, 7) is 4.46. The number of nitrogens with zero attached hydrogens (tertiary/aromatic N) is 3. The van der Waals surface area contributed by atoms with Crippen molar-refractivity contribution >= 4 is 17.4 Å². The number of carbonyl (C=O) groups excluding carboxylic acids is 1. The zero-order chi connectivity index (χ0) is 17.6. The van der Waals surface area contributed by atoms with E-state index in [-0.39, 0.29) is 5.91 Å². The number of pyridine rings is 1. The molecule has 0 unspecified atom stereocenters. The Morgan fingerprint density at radius 1 is 1.16 bits per heavy atom. The van der Waals surface area contributed by atoms with Crippen molar-refractivity contribution in [3.63, 3.8) is 0 Å². The number of hydrogen-bond acceptors (Lipinski definition) is 5. The topological polar surface area (TPSA) is 74.5 Å². The number of carbonyl (C=O) groups is 1. The van der Waals surface area contributed by atoms with E-state index in [4.69, 9.17) is 5.73 Å². The summed E-state index contributed by atoms with van der Waals surface area (Å²) in [5.41, 5.74) is 8.39. The second-order valence-electron chi connectivity index (χ2n) is 6.47. The second kappa shape index (κ2) is 7.98. The van der Waals surface area contributed by atoms with Crippen LogP contribution in [0.1, 0.15) is 11.1 Å². The molecule has 3 N–H and O–H groups in total. The van der Waals surface area contributed by atoms with Crippen LogP contribution < -0.4 is 16.0 Å². The molecule has 0 saturated carbocycles. The number of nitrogens with one attached hydrogen (secondary N) is 1. The van der Waals surface area contributed by atoms with Crippen LogP contribution in [0.4, 0.5) is 11.5 Å². The van der Waals surface area contributed by atoms with E-state index in [2.05, 4.69) is 27.1 Å². The lowest BCUT2D eigenvalue weighted by molar-refractivity contribution is -0.120. The number of benzene rings is 1. The third-order valence-corrected chi connectivity index (χ3v) is 4.49. The van der Waals surface area contributed by atoms with E-state index in [9.17, 15) is 4.79 Å². The Kier molecular flexibility index (Phi) is 5.50. The first-order valence-electron chi connectivity index (χ1n) is 8.60. The molecule has 6 nitrogen and oxygen atoms in total. The van der Waals surface area contributed by atoms with E-state index in [0.29, 0.717) is 18.7 Å². The maximum atomic E-state index is 12.2. The summed E-state index contributed by atoms with van der Waals surface area (Å²) in [6.07, 6.45) is 2.16. The van der Waals surface area contributed by atoms with Gasteiger partial charge in [-0.15, -0.1) is 0 Å². The SMILES string of the molecule is CN1CCN(c2ncccc2CNC(=O)Cc2ccc(N)cc2)CC1. The minimum Gasteiger partial charge on any atom is -0.399 e. The van der Waals surface area contributed by atoms with Crippen LogP contribution >= 0.6 is 0 Å². The Balaban J connectivity index is 1.59. The molecular weight excluding hydrogens is 314 g/mol. The maximum absolute atomic E-state index is 12.2. The van der Waals surface area contributed by atoms with Crippen LogP contribution in [0.3, 0.4) is 0 Å². The number of nitrogens with two attached hydrogens (primary N) is 1. The van der Waals surface area contributed by atoms with Gasteiger partial charge in [0.2, 0.25) is 5.91 Å². The molecule has 1 aliphatic heterocycles. The maximum Gasteiger partial charge on any atom is 0.224 e. The largest absolute Gasteiger partial charge is 0.399 e. The average Bonchev–Trinajstić information content (AvgIpc) is 2.63. The van der Waals surface area contributed by atoms with Crippen LogP contribution in [-0.2, 0) is 17.8 Å². The molecule has 2 heterocycles. The molecule has 132 valence electrons. The van der Waals surface area contributed by atoms with Crippen LogP contribution in [0.5, 0.6) is 0 Å². The summed E-state index contributed by atoms with van der Waals surface area (Å²) in [6, 6.07) is 11.3. The highest BCUT2D eigenvalue weighted by Gasteiger charge is 2.18. The Labute approximate surface area is 148 Å². The fraction of sp³-hybridized carbons (Fsp3) is 0.368. The molecule has 25 heavy (non-hydrogen) atoms. The molecule has 1 aliphatic rings. The highest BCUT2D eigenvalue weighted by Crippen LogP contribution is 2.18. The predicted octanol–water partition coefficient (Wildman–Crippen LogP) is 1.27. The van der Waals surface area contributed by atoms with Gasteiger partial charge >= 0.3 is 0 Å². The van der Waals surface area contributed by atoms with Crippen molar-refractivity contribution in [2.45, 2.75) is 13.0 Å². The normalized spacial score (nSPS) is 15.2. The molecule has 6 heteroatoms. The lowest BCUT2D eigenvalue weighted by atomic mass is 10.1. The minimum atomic E-state index is -0.00190. The molecule has 1 fully saturated rings. The predicted molar refractivity (Wildman–Crippen MR) is 100 cm³/mol. The van der Waals surface area contributed by atoms with Crippen molar-refractivity contribution in [1.29, 1.82) is 0 Å². The molecule has 1 amide bonds. The van der Waals surface area contributed by atoms with Crippen molar-refractivity contribution in [3.05, 3.63) is 53.7 Å². The molecule has 3 rings (SSSR count). The van der Waals surface area contributed by atoms with Crippen molar-refractivity contribution in [3.8, 4) is 0 Å². The third kappa shape index (κ3) is 4.70. The van der Waals surface area contributed by atoms with E-state index in [1.54, 1.807) is 0 Å². The number of rotatable bonds is 5. The number of anilines is 2. The van der Waals surface area contributed by atoms with Crippen LogP contribution in [0.2, 0.25) is 0 Å². The van der Waals surface area contributed by atoms with Gasteiger partial charge in [-0.25, -0.2) is 4.98 Å². The Morgan fingerprint density at radius 3 is 2.60 bits per heavy atom. The highest BCUT2D eigenvalue weighted by atomic mass is 16.1. The smallest absolute Gasteiger partial charge is 0.224 e. The van der Waals surface area contributed by atoms with Crippen LogP contribution in [0.15, 0.2) is 42.6 Å². The molecule has 1 aromatic heterocycles. The lowest BCUT2D eigenvalue weighted by Crippen LogP contribution is -2.45. The zero-order valence-corrected chi connectivity index (χ0v) is 14.6. The molecule has 2 aromatic rings. The third-order valence-electron chi connectivity index (χ3n) is 4.49. The fourth-order valence-corrected chi connectivity index (χ4v) is 2.95. The first-order valence-corrected chi connectivity index (χ1v) is 8.60. The number of amides is 1. The number of nitrogen functional groups attached to an aromatic ring is 1. The Morgan fingerprint density at radius 2 is 1.88 bits per heavy atom. The van der Waals surface area contributed by atoms with Gasteiger partial charge in [0.05, 0.1) is 6.42 Å². The lowest BCUT2D eigenvalue weighted by Gasteiger charge is -2.34. The monoisotopic (exact) mass is 339 g/mol. The molecule has 1 saturated heterocycles. The quantitative estimate of drug-likeness (QED) is 0.803. The van der Waals surface area contributed by atoms with Crippen LogP contribution in [0.25, 0.3) is 0 Å². The van der Waals surface area contributed by atoms with E-state index < -0.39 is 0 Å². The van der Waals surface area contributed by atoms with Gasteiger partial charge in [0.25, 0.3) is 0 Å². The number of likely N-dealkylation sites (N-methyl/N-ethyl adjacent to an activating group) is 1. The molecule has 0 spiro atoms. The zero-order valence-electron chi connectivity index (χ0n) is 14.6. The summed E-state index contributed by atoms with van der Waals surface area (Å²) in [5, 5.41) is 3.00. The van der Waals surface area contributed by atoms with Gasteiger partial charge in [-0.3, -0.25) is 4.79 Å². The fourth-order valence-electron chi connectivity index (χ4n) is 2.95. The molecular formula is C19H25N5O. The molecule has 1 aromatic carbocycles. The summed E-state index contributed by atoms with van der Waals surface area (Å²) in [4.78, 5) is 21.4. The summed E-state index contributed by atoms with van der Waals surface area (Å²) in [7, 11) is 2.13. The average molecular weight is 339 g/mol. The van der Waals surface area contributed by atoms with Crippen LogP contribution in [0, 0.1) is 0 Å². The first kappa shape index (κ1) is 17.2. The van der Waals surface area contributed by atoms with Crippen molar-refractivity contribution in [1.82, 2.24) is 15.2 Å². The summed E-state index contributed by atoms with van der Waals surface area (Å²) in [5.74, 6) is 0.973. The highest BCUT2D eigenvalue weighted by molar-refractivity contribution is 5.78. The Hall–Kier alpha value is -2.60. The summed E-state index contributed by atoms with van der Waals surface area (Å²) < 4.78 is 0. The van der Waals surface area contributed by atoms with Gasteiger partial charge < -0.3 is 20.9 Å². The molecule has 0 aliphatic carbocycles. The van der Waals surface area contributed by atoms with E-state index >= 15 is 0 Å². The van der Waals surface area contributed by atoms with E-state index in [1.807, 2.05) is 42.6 Å². The van der Waals surface area contributed by atoms with Gasteiger partial charge in [-0.05, 0) is 30.8 Å². The van der Waals surface area contributed by atoms with Gasteiger partial charge in [-0.1, -0.05) is 18.2 Å². The minimum absolute atomic E-state index is 0.00190. The molecule has 0 atom stereocenters. The van der Waals surface area contributed by atoms with E-state index in [1.165, 1.54) is 0 Å². The number of piperazine rings is 1. The second-order valence-corrected chi connectivity index (χ2v) is 6.47. The molecule has 0 radical (unpaired) electrons. The van der Waals surface area contributed by atoms with Gasteiger partial charge in [0, 0.05) is 50.2 Å². The number of aromatic nitrogens is 1. The Bertz CT molecular complexity index is 708. The van der Waals surface area contributed by atoms with Gasteiger partial charge in [0.1, 0.15) is 5.82 Å². The van der Waals surface area contributed by atoms with Crippen LogP contribution in [-0.4, -0.2) is 49.0 Å². The first-order chi connectivity index (χ1) is 12.1. The molecule has 0 bridgehead atoms. The van der Waals surface area contributed by atoms with Crippen molar-refractivity contribution in [2.75, 3.05) is 43.9 Å². The van der Waals surface area contributed by atoms with E-state index in [0.717, 1.165) is 43.1 Å². The van der Waals surface area contributed by atoms with Gasteiger partial charge in [0.15, 0.2) is 0 Å². The van der Waals surface area contributed by atoms with Gasteiger partial charge in [-0.2, -0.15) is 0 Å². The standard InChI is InChI=1S/C19H25N5O/c1-23-9-11-24(12-10-23)19-16(3-2-8-21-19)14-22-18(25)13-15-4-6-17(20)7-5-15/h2-8H,9-14,20H2,1H3,(H,22,25). The van der Waals surface area contributed by atoms with Crippen molar-refractivity contribution in [2.24, 2.45) is 0 Å².